The van der Waals surface area contributed by atoms with E-state index >= 15 is 0 Å². The van der Waals surface area contributed by atoms with Crippen molar-refractivity contribution in [1.29, 1.82) is 0 Å². The van der Waals surface area contributed by atoms with Crippen molar-refractivity contribution in [1.82, 2.24) is 4.31 Å². The molecule has 3 aromatic rings. The molecule has 1 aliphatic rings. The highest BCUT2D eigenvalue weighted by molar-refractivity contribution is 7.89. The second-order valence-electron chi connectivity index (χ2n) is 7.80. The van der Waals surface area contributed by atoms with Gasteiger partial charge in [-0.3, -0.25) is 4.79 Å². The number of carbonyl (C=O) groups excluding carboxylic acids is 1. The number of sulfonamides is 1. The van der Waals surface area contributed by atoms with Crippen LogP contribution in [0.25, 0.3) is 0 Å². The van der Waals surface area contributed by atoms with Crippen LogP contribution in [0.2, 0.25) is 0 Å². The van der Waals surface area contributed by atoms with Gasteiger partial charge in [0.1, 0.15) is 0 Å². The summed E-state index contributed by atoms with van der Waals surface area (Å²) in [6.07, 6.45) is 0.787. The van der Waals surface area contributed by atoms with Gasteiger partial charge in [-0.1, -0.05) is 36.4 Å². The van der Waals surface area contributed by atoms with Crippen molar-refractivity contribution in [3.63, 3.8) is 0 Å². The zero-order chi connectivity index (χ0) is 23.4. The third kappa shape index (κ3) is 5.02. The summed E-state index contributed by atoms with van der Waals surface area (Å²) in [5.41, 5.74) is 1.66. The summed E-state index contributed by atoms with van der Waals surface area (Å²) >= 11 is 0. The quantitative estimate of drug-likeness (QED) is 0.579. The van der Waals surface area contributed by atoms with Crippen molar-refractivity contribution in [3.05, 3.63) is 83.9 Å². The number of hydrogen-bond acceptors (Lipinski definition) is 5. The van der Waals surface area contributed by atoms with Crippen molar-refractivity contribution in [3.8, 4) is 11.5 Å². The molecule has 0 saturated heterocycles. The highest BCUT2D eigenvalue weighted by atomic mass is 32.2. The molecule has 33 heavy (non-hydrogen) atoms. The Hall–Kier alpha value is -3.36. The average Bonchev–Trinajstić information content (AvgIpc) is 3.08. The van der Waals surface area contributed by atoms with Crippen molar-refractivity contribution in [2.24, 2.45) is 0 Å². The van der Waals surface area contributed by atoms with Crippen LogP contribution in [0.5, 0.6) is 11.5 Å². The molecule has 8 heteroatoms. The number of anilines is 1. The first-order valence-corrected chi connectivity index (χ1v) is 12.1. The summed E-state index contributed by atoms with van der Waals surface area (Å²) in [5, 5.41) is 2.80. The Morgan fingerprint density at radius 1 is 0.939 bits per heavy atom. The lowest BCUT2D eigenvalue weighted by Gasteiger charge is -2.25. The Balaban J connectivity index is 1.53. The lowest BCUT2D eigenvalue weighted by molar-refractivity contribution is 0.102. The van der Waals surface area contributed by atoms with Gasteiger partial charge in [-0.2, -0.15) is 4.31 Å². The van der Waals surface area contributed by atoms with Gasteiger partial charge in [0.25, 0.3) is 5.91 Å². The molecule has 3 aromatic carbocycles. The SMILES string of the molecule is CC(c1ccccc1)N(C)S(=O)(=O)c1cccc(C(=O)Nc2ccc3c(c2)OCCCO3)c1. The van der Waals surface area contributed by atoms with E-state index in [9.17, 15) is 13.2 Å². The summed E-state index contributed by atoms with van der Waals surface area (Å²) in [7, 11) is -2.28. The van der Waals surface area contributed by atoms with Gasteiger partial charge in [0.2, 0.25) is 10.0 Å². The van der Waals surface area contributed by atoms with Crippen LogP contribution < -0.4 is 14.8 Å². The molecule has 0 fully saturated rings. The molecule has 1 heterocycles. The molecule has 0 spiro atoms. The molecule has 1 aliphatic heterocycles. The third-order valence-electron chi connectivity index (χ3n) is 5.61. The molecular weight excluding hydrogens is 440 g/mol. The standard InChI is InChI=1S/C25H26N2O5S/c1-18(19-8-4-3-5-9-19)27(2)33(29,30)22-11-6-10-20(16-22)25(28)26-21-12-13-23-24(17-21)32-15-7-14-31-23/h3-6,8-13,16-18H,7,14-15H2,1-2H3,(H,26,28). The summed E-state index contributed by atoms with van der Waals surface area (Å²) in [4.78, 5) is 12.9. The van der Waals surface area contributed by atoms with Gasteiger partial charge in [-0.25, -0.2) is 8.42 Å². The number of fused-ring (bicyclic) bond motifs is 1. The number of benzene rings is 3. The van der Waals surface area contributed by atoms with E-state index in [1.165, 1.54) is 23.5 Å². The van der Waals surface area contributed by atoms with Crippen LogP contribution in [0.3, 0.4) is 0 Å². The Labute approximate surface area is 194 Å². The first-order chi connectivity index (χ1) is 15.9. The lowest BCUT2D eigenvalue weighted by Crippen LogP contribution is -2.30. The zero-order valence-electron chi connectivity index (χ0n) is 18.5. The molecule has 0 saturated carbocycles. The summed E-state index contributed by atoms with van der Waals surface area (Å²) < 4.78 is 39.1. The Morgan fingerprint density at radius 2 is 1.67 bits per heavy atom. The monoisotopic (exact) mass is 466 g/mol. The maximum absolute atomic E-state index is 13.2. The molecule has 172 valence electrons. The van der Waals surface area contributed by atoms with Gasteiger partial charge < -0.3 is 14.8 Å². The van der Waals surface area contributed by atoms with Gasteiger partial charge in [0.15, 0.2) is 11.5 Å². The molecule has 1 atom stereocenters. The summed E-state index contributed by atoms with van der Waals surface area (Å²) in [5.74, 6) is 0.785. The number of amides is 1. The van der Waals surface area contributed by atoms with Crippen molar-refractivity contribution in [2.45, 2.75) is 24.3 Å². The highest BCUT2D eigenvalue weighted by Gasteiger charge is 2.27. The molecule has 4 rings (SSSR count). The van der Waals surface area contributed by atoms with Crippen LogP contribution in [0.15, 0.2) is 77.7 Å². The summed E-state index contributed by atoms with van der Waals surface area (Å²) in [6.45, 7) is 2.95. The van der Waals surface area contributed by atoms with Crippen LogP contribution in [0.1, 0.15) is 35.3 Å². The van der Waals surface area contributed by atoms with Gasteiger partial charge >= 0.3 is 0 Å². The summed E-state index contributed by atoms with van der Waals surface area (Å²) in [6, 6.07) is 20.2. The molecule has 0 aliphatic carbocycles. The molecule has 1 unspecified atom stereocenters. The van der Waals surface area contributed by atoms with Gasteiger partial charge in [0, 0.05) is 36.8 Å². The zero-order valence-corrected chi connectivity index (χ0v) is 19.3. The van der Waals surface area contributed by atoms with E-state index in [2.05, 4.69) is 5.32 Å². The highest BCUT2D eigenvalue weighted by Crippen LogP contribution is 2.32. The molecule has 7 nitrogen and oxygen atoms in total. The van der Waals surface area contributed by atoms with Crippen LogP contribution in [0.4, 0.5) is 5.69 Å². The Morgan fingerprint density at radius 3 is 2.42 bits per heavy atom. The smallest absolute Gasteiger partial charge is 0.255 e. The first kappa shape index (κ1) is 22.8. The Kier molecular flexibility index (Phi) is 6.67. The molecule has 0 bridgehead atoms. The van der Waals surface area contributed by atoms with E-state index < -0.39 is 15.9 Å². The van der Waals surface area contributed by atoms with Crippen LogP contribution in [0, 0.1) is 0 Å². The molecular formula is C25H26N2O5S. The van der Waals surface area contributed by atoms with Crippen molar-refractivity contribution >= 4 is 21.6 Å². The third-order valence-corrected chi connectivity index (χ3v) is 7.53. The number of nitrogens with zero attached hydrogens (tertiary/aromatic N) is 1. The normalized spacial score (nSPS) is 14.4. The maximum Gasteiger partial charge on any atom is 0.255 e. The van der Waals surface area contributed by atoms with Gasteiger partial charge in [-0.15, -0.1) is 0 Å². The molecule has 1 N–H and O–H groups in total. The fraction of sp³-hybridized carbons (Fsp3) is 0.240. The minimum Gasteiger partial charge on any atom is -0.490 e. The van der Waals surface area contributed by atoms with E-state index in [1.54, 1.807) is 30.3 Å². The van der Waals surface area contributed by atoms with Crippen LogP contribution in [-0.2, 0) is 10.0 Å². The molecule has 0 aromatic heterocycles. The molecule has 0 radical (unpaired) electrons. The predicted molar refractivity (Wildman–Crippen MR) is 126 cm³/mol. The number of nitrogens with one attached hydrogen (secondary N) is 1. The minimum atomic E-state index is -3.81. The second kappa shape index (κ2) is 9.64. The largest absolute Gasteiger partial charge is 0.490 e. The van der Waals surface area contributed by atoms with E-state index in [-0.39, 0.29) is 16.5 Å². The minimum absolute atomic E-state index is 0.0547. The van der Waals surface area contributed by atoms with Gasteiger partial charge in [0.05, 0.1) is 18.1 Å². The molecule has 1 amide bonds. The van der Waals surface area contributed by atoms with Crippen LogP contribution >= 0.6 is 0 Å². The van der Waals surface area contributed by atoms with Gasteiger partial charge in [-0.05, 0) is 42.8 Å². The predicted octanol–water partition coefficient (Wildman–Crippen LogP) is 4.48. The first-order valence-electron chi connectivity index (χ1n) is 10.7. The number of carbonyl (C=O) groups is 1. The van der Waals surface area contributed by atoms with Crippen LogP contribution in [-0.4, -0.2) is 38.9 Å². The fourth-order valence-electron chi connectivity index (χ4n) is 3.56. The van der Waals surface area contributed by atoms with E-state index in [1.807, 2.05) is 37.3 Å². The van der Waals surface area contributed by atoms with Crippen molar-refractivity contribution < 1.29 is 22.7 Å². The second-order valence-corrected chi connectivity index (χ2v) is 9.80. The average molecular weight is 467 g/mol. The van der Waals surface area contributed by atoms with Crippen molar-refractivity contribution in [2.75, 3.05) is 25.6 Å². The number of rotatable bonds is 6. The topological polar surface area (TPSA) is 84.9 Å². The Bertz CT molecular complexity index is 1240. The number of hydrogen-bond donors (Lipinski definition) is 1. The fourth-order valence-corrected chi connectivity index (χ4v) is 4.96. The lowest BCUT2D eigenvalue weighted by atomic mass is 10.1. The maximum atomic E-state index is 13.2. The van der Waals surface area contributed by atoms with E-state index in [4.69, 9.17) is 9.47 Å². The number of ether oxygens (including phenoxy) is 2. The van der Waals surface area contributed by atoms with E-state index in [0.717, 1.165) is 12.0 Å². The van der Waals surface area contributed by atoms with E-state index in [0.29, 0.717) is 30.4 Å².